The van der Waals surface area contributed by atoms with Gasteiger partial charge in [0.25, 0.3) is 5.91 Å². The third kappa shape index (κ3) is 7.10. The zero-order valence-electron chi connectivity index (χ0n) is 14.9. The van der Waals surface area contributed by atoms with Gasteiger partial charge in [-0.15, -0.1) is 11.8 Å². The van der Waals surface area contributed by atoms with Gasteiger partial charge in [0, 0.05) is 9.92 Å². The lowest BCUT2D eigenvalue weighted by atomic mass is 10.2. The maximum absolute atomic E-state index is 12.1. The zero-order chi connectivity index (χ0) is 18.8. The van der Waals surface area contributed by atoms with E-state index >= 15 is 0 Å². The Kier molecular flexibility index (Phi) is 8.51. The highest BCUT2D eigenvalue weighted by atomic mass is 35.5. The molecule has 0 radical (unpaired) electrons. The Labute approximate surface area is 164 Å². The second-order valence-corrected chi connectivity index (χ2v) is 7.57. The monoisotopic (exact) mass is 390 g/mol. The molecule has 6 heteroatoms. The van der Waals surface area contributed by atoms with Crippen molar-refractivity contribution in [2.24, 2.45) is 5.10 Å². The Bertz CT molecular complexity index is 718. The van der Waals surface area contributed by atoms with Crippen molar-refractivity contribution in [2.45, 2.75) is 36.8 Å². The van der Waals surface area contributed by atoms with E-state index in [1.54, 1.807) is 6.21 Å². The Morgan fingerprint density at radius 3 is 2.58 bits per heavy atom. The lowest BCUT2D eigenvalue weighted by molar-refractivity contribution is -0.120. The van der Waals surface area contributed by atoms with E-state index in [1.807, 2.05) is 55.5 Å². The molecule has 0 saturated carbocycles. The molecule has 0 bridgehead atoms. The summed E-state index contributed by atoms with van der Waals surface area (Å²) in [7, 11) is 0. The van der Waals surface area contributed by atoms with Crippen molar-refractivity contribution < 1.29 is 9.53 Å². The number of carbonyl (C=O) groups excluding carboxylic acids is 1. The highest BCUT2D eigenvalue weighted by Crippen LogP contribution is 2.24. The minimum Gasteiger partial charge on any atom is -0.494 e. The van der Waals surface area contributed by atoms with E-state index in [9.17, 15) is 4.79 Å². The summed E-state index contributed by atoms with van der Waals surface area (Å²) in [6.07, 6.45) is 3.77. The SMILES string of the molecule is CCCCOc1ccc(/C=N/NC(=O)C(C)Sc2ccc(Cl)cc2)cc1. The third-order valence-electron chi connectivity index (χ3n) is 3.53. The van der Waals surface area contributed by atoms with E-state index in [0.717, 1.165) is 35.7 Å². The molecule has 0 saturated heterocycles. The first-order valence-corrected chi connectivity index (χ1v) is 9.82. The van der Waals surface area contributed by atoms with Crippen LogP contribution in [0.5, 0.6) is 5.75 Å². The standard InChI is InChI=1S/C20H23ClN2O2S/c1-3-4-13-25-18-9-5-16(6-10-18)14-22-23-20(24)15(2)26-19-11-7-17(21)8-12-19/h5-12,14-15H,3-4,13H2,1-2H3,(H,23,24)/b22-14+. The number of benzene rings is 2. The summed E-state index contributed by atoms with van der Waals surface area (Å²) in [4.78, 5) is 13.1. The fraction of sp³-hybridized carbons (Fsp3) is 0.300. The number of unbranched alkanes of at least 4 members (excludes halogenated alkanes) is 1. The number of ether oxygens (including phenoxy) is 1. The van der Waals surface area contributed by atoms with Gasteiger partial charge in [-0.05, 0) is 67.4 Å². The minimum absolute atomic E-state index is 0.152. The quantitative estimate of drug-likeness (QED) is 0.279. The molecule has 0 aliphatic carbocycles. The molecule has 2 rings (SSSR count). The van der Waals surface area contributed by atoms with E-state index in [-0.39, 0.29) is 11.2 Å². The van der Waals surface area contributed by atoms with Crippen molar-refractivity contribution in [2.75, 3.05) is 6.61 Å². The second kappa shape index (κ2) is 10.9. The maximum Gasteiger partial charge on any atom is 0.253 e. The van der Waals surface area contributed by atoms with Crippen molar-refractivity contribution >= 4 is 35.5 Å². The number of carbonyl (C=O) groups is 1. The van der Waals surface area contributed by atoms with Gasteiger partial charge in [0.15, 0.2) is 0 Å². The van der Waals surface area contributed by atoms with E-state index < -0.39 is 0 Å². The van der Waals surface area contributed by atoms with Crippen LogP contribution in [0.2, 0.25) is 5.02 Å². The predicted octanol–water partition coefficient (Wildman–Crippen LogP) is 5.15. The Hall–Kier alpha value is -1.98. The summed E-state index contributed by atoms with van der Waals surface area (Å²) in [6.45, 7) is 4.70. The smallest absolute Gasteiger partial charge is 0.253 e. The van der Waals surface area contributed by atoms with Crippen LogP contribution in [0.25, 0.3) is 0 Å². The van der Waals surface area contributed by atoms with Crippen molar-refractivity contribution in [1.82, 2.24) is 5.43 Å². The van der Waals surface area contributed by atoms with Crippen molar-refractivity contribution in [1.29, 1.82) is 0 Å². The maximum atomic E-state index is 12.1. The lowest BCUT2D eigenvalue weighted by Crippen LogP contribution is -2.26. The zero-order valence-corrected chi connectivity index (χ0v) is 16.5. The highest BCUT2D eigenvalue weighted by Gasteiger charge is 2.13. The van der Waals surface area contributed by atoms with Gasteiger partial charge in [0.05, 0.1) is 18.1 Å². The van der Waals surface area contributed by atoms with Gasteiger partial charge >= 0.3 is 0 Å². The highest BCUT2D eigenvalue weighted by molar-refractivity contribution is 8.00. The lowest BCUT2D eigenvalue weighted by Gasteiger charge is -2.09. The minimum atomic E-state index is -0.261. The molecule has 4 nitrogen and oxygen atoms in total. The molecule has 138 valence electrons. The van der Waals surface area contributed by atoms with Crippen LogP contribution in [0.15, 0.2) is 58.5 Å². The van der Waals surface area contributed by atoms with Gasteiger partial charge in [0.1, 0.15) is 5.75 Å². The fourth-order valence-corrected chi connectivity index (χ4v) is 3.00. The van der Waals surface area contributed by atoms with Crippen LogP contribution in [0.1, 0.15) is 32.3 Å². The molecule has 1 unspecified atom stereocenters. The molecule has 0 spiro atoms. The number of amides is 1. The number of hydrogen-bond acceptors (Lipinski definition) is 4. The van der Waals surface area contributed by atoms with Crippen LogP contribution >= 0.6 is 23.4 Å². The van der Waals surface area contributed by atoms with Gasteiger partial charge < -0.3 is 4.74 Å². The van der Waals surface area contributed by atoms with Gasteiger partial charge in [0.2, 0.25) is 0 Å². The van der Waals surface area contributed by atoms with Crippen molar-refractivity contribution in [3.63, 3.8) is 0 Å². The second-order valence-electron chi connectivity index (χ2n) is 5.72. The number of halogens is 1. The van der Waals surface area contributed by atoms with Gasteiger partial charge in [-0.3, -0.25) is 4.79 Å². The number of thioether (sulfide) groups is 1. The van der Waals surface area contributed by atoms with Crippen LogP contribution in [-0.2, 0) is 4.79 Å². The van der Waals surface area contributed by atoms with E-state index in [4.69, 9.17) is 16.3 Å². The molecule has 1 N–H and O–H groups in total. The van der Waals surface area contributed by atoms with Crippen LogP contribution in [0.3, 0.4) is 0 Å². The summed E-state index contributed by atoms with van der Waals surface area (Å²) in [5, 5.41) is 4.44. The number of rotatable bonds is 9. The Morgan fingerprint density at radius 2 is 1.92 bits per heavy atom. The molecule has 0 fully saturated rings. The summed E-state index contributed by atoms with van der Waals surface area (Å²) < 4.78 is 5.61. The van der Waals surface area contributed by atoms with E-state index in [1.165, 1.54) is 11.8 Å². The summed E-state index contributed by atoms with van der Waals surface area (Å²) in [5.74, 6) is 0.688. The van der Waals surface area contributed by atoms with Crippen LogP contribution in [-0.4, -0.2) is 24.0 Å². The first kappa shape index (κ1) is 20.3. The number of hydrogen-bond donors (Lipinski definition) is 1. The van der Waals surface area contributed by atoms with Gasteiger partial charge in [-0.2, -0.15) is 5.10 Å². The largest absolute Gasteiger partial charge is 0.494 e. The fourth-order valence-electron chi connectivity index (χ4n) is 2.02. The van der Waals surface area contributed by atoms with Crippen molar-refractivity contribution in [3.8, 4) is 5.75 Å². The van der Waals surface area contributed by atoms with Gasteiger partial charge in [-0.25, -0.2) is 5.43 Å². The first-order valence-electron chi connectivity index (χ1n) is 8.56. The molecule has 0 aliphatic rings. The number of nitrogens with zero attached hydrogens (tertiary/aromatic N) is 1. The molecular weight excluding hydrogens is 368 g/mol. The third-order valence-corrected chi connectivity index (χ3v) is 4.89. The molecule has 1 amide bonds. The van der Waals surface area contributed by atoms with Crippen molar-refractivity contribution in [3.05, 3.63) is 59.1 Å². The summed E-state index contributed by atoms with van der Waals surface area (Å²) in [6, 6.07) is 15.0. The van der Waals surface area contributed by atoms with Gasteiger partial charge in [-0.1, -0.05) is 24.9 Å². The molecule has 0 aliphatic heterocycles. The number of nitrogens with one attached hydrogen (secondary N) is 1. The summed E-state index contributed by atoms with van der Waals surface area (Å²) in [5.41, 5.74) is 3.47. The number of hydrazone groups is 1. The Balaban J connectivity index is 1.79. The molecule has 0 heterocycles. The first-order chi connectivity index (χ1) is 12.6. The molecule has 1 atom stereocenters. The Morgan fingerprint density at radius 1 is 1.23 bits per heavy atom. The van der Waals surface area contributed by atoms with Crippen LogP contribution in [0.4, 0.5) is 0 Å². The van der Waals surface area contributed by atoms with Crippen LogP contribution < -0.4 is 10.2 Å². The van der Waals surface area contributed by atoms with E-state index in [2.05, 4.69) is 17.5 Å². The molecule has 0 aromatic heterocycles. The normalized spacial score (nSPS) is 12.1. The molecule has 26 heavy (non-hydrogen) atoms. The average Bonchev–Trinajstić information content (AvgIpc) is 2.65. The summed E-state index contributed by atoms with van der Waals surface area (Å²) >= 11 is 7.32. The average molecular weight is 391 g/mol. The molecule has 2 aromatic carbocycles. The molecule has 2 aromatic rings. The predicted molar refractivity (Wildman–Crippen MR) is 109 cm³/mol. The van der Waals surface area contributed by atoms with Crippen LogP contribution in [0, 0.1) is 0 Å². The van der Waals surface area contributed by atoms with E-state index in [0.29, 0.717) is 5.02 Å². The topological polar surface area (TPSA) is 50.7 Å². The molecular formula is C20H23ClN2O2S.